The summed E-state index contributed by atoms with van der Waals surface area (Å²) in [5, 5.41) is 9.51. The van der Waals surface area contributed by atoms with Crippen molar-refractivity contribution >= 4 is 22.5 Å². The summed E-state index contributed by atoms with van der Waals surface area (Å²) in [6.45, 7) is 4.79. The van der Waals surface area contributed by atoms with Crippen molar-refractivity contribution in [1.82, 2.24) is 9.38 Å². The molecule has 4 heteroatoms. The maximum Gasteiger partial charge on any atom is 0.142 e. The molecule has 1 N–H and O–H groups in total. The number of benzene rings is 1. The number of nitrogens with zero attached hydrogens (tertiary/aromatic N) is 3. The number of imidazole rings is 1. The van der Waals surface area contributed by atoms with Crippen molar-refractivity contribution in [2.24, 2.45) is 17.8 Å². The van der Waals surface area contributed by atoms with Crippen molar-refractivity contribution < 1.29 is 5.11 Å². The molecule has 0 radical (unpaired) electrons. The van der Waals surface area contributed by atoms with Crippen LogP contribution in [0, 0.1) is 24.7 Å². The fourth-order valence-electron chi connectivity index (χ4n) is 5.59. The highest BCUT2D eigenvalue weighted by Crippen LogP contribution is 2.53. The van der Waals surface area contributed by atoms with Gasteiger partial charge in [-0.05, 0) is 72.8 Å². The molecule has 2 unspecified atom stereocenters. The molecule has 2 fully saturated rings. The summed E-state index contributed by atoms with van der Waals surface area (Å²) in [6.07, 6.45) is 3.63. The van der Waals surface area contributed by atoms with Gasteiger partial charge in [0.25, 0.3) is 0 Å². The standard InChI is InChI=1S/C21H23N3O/c1-12-13-5-4-6-14(13)21(23-9-15-16(10-23)17(15)11-25)24-19-8-3-2-7-18(19)22-20(12)24/h2-3,7-8,15-17,25H,4-6,9-11H2,1H3/t15-,16?,17?/m1/s1. The van der Waals surface area contributed by atoms with Crippen LogP contribution in [0.15, 0.2) is 24.3 Å². The minimum atomic E-state index is 0.360. The van der Waals surface area contributed by atoms with Crippen LogP contribution in [0.5, 0.6) is 0 Å². The molecular weight excluding hydrogens is 310 g/mol. The summed E-state index contributed by atoms with van der Waals surface area (Å²) in [7, 11) is 0. The first kappa shape index (κ1) is 14.1. The molecule has 3 aliphatic rings. The van der Waals surface area contributed by atoms with E-state index in [1.807, 2.05) is 0 Å². The molecule has 1 saturated carbocycles. The number of hydrogen-bond acceptors (Lipinski definition) is 3. The highest BCUT2D eigenvalue weighted by atomic mass is 16.3. The summed E-state index contributed by atoms with van der Waals surface area (Å²) >= 11 is 0. The number of hydrogen-bond donors (Lipinski definition) is 1. The first-order chi connectivity index (χ1) is 12.3. The van der Waals surface area contributed by atoms with Crippen molar-refractivity contribution in [2.45, 2.75) is 26.2 Å². The van der Waals surface area contributed by atoms with E-state index >= 15 is 0 Å². The van der Waals surface area contributed by atoms with Gasteiger partial charge >= 0.3 is 0 Å². The zero-order valence-corrected chi connectivity index (χ0v) is 14.6. The molecule has 6 rings (SSSR count). The molecule has 3 atom stereocenters. The van der Waals surface area contributed by atoms with Gasteiger partial charge in [0.15, 0.2) is 0 Å². The van der Waals surface area contributed by atoms with Crippen LogP contribution >= 0.6 is 0 Å². The number of anilines is 1. The van der Waals surface area contributed by atoms with Gasteiger partial charge in [0.05, 0.1) is 11.0 Å². The van der Waals surface area contributed by atoms with Gasteiger partial charge in [-0.3, -0.25) is 4.40 Å². The maximum absolute atomic E-state index is 9.51. The van der Waals surface area contributed by atoms with E-state index in [0.29, 0.717) is 24.4 Å². The number of para-hydroxylation sites is 2. The number of aryl methyl sites for hydroxylation is 1. The number of aliphatic hydroxyl groups is 1. The van der Waals surface area contributed by atoms with Crippen molar-refractivity contribution in [1.29, 1.82) is 0 Å². The number of aromatic nitrogens is 2. The van der Waals surface area contributed by atoms with Crippen molar-refractivity contribution in [3.05, 3.63) is 41.0 Å². The van der Waals surface area contributed by atoms with Crippen molar-refractivity contribution in [2.75, 3.05) is 24.6 Å². The zero-order valence-electron chi connectivity index (χ0n) is 14.6. The molecule has 128 valence electrons. The molecular formula is C21H23N3O. The Kier molecular flexibility index (Phi) is 2.69. The van der Waals surface area contributed by atoms with Crippen LogP contribution in [-0.2, 0) is 12.8 Å². The smallest absolute Gasteiger partial charge is 0.142 e. The highest BCUT2D eigenvalue weighted by Gasteiger charge is 2.55. The van der Waals surface area contributed by atoms with E-state index in [1.54, 1.807) is 5.56 Å². The number of rotatable bonds is 2. The third-order valence-corrected chi connectivity index (χ3v) is 6.93. The largest absolute Gasteiger partial charge is 0.396 e. The Labute approximate surface area is 147 Å². The molecule has 1 saturated heterocycles. The predicted octanol–water partition coefficient (Wildman–Crippen LogP) is 2.96. The van der Waals surface area contributed by atoms with Crippen molar-refractivity contribution in [3.8, 4) is 0 Å². The monoisotopic (exact) mass is 333 g/mol. The van der Waals surface area contributed by atoms with Gasteiger partial charge in [-0.1, -0.05) is 12.1 Å². The molecule has 4 nitrogen and oxygen atoms in total. The van der Waals surface area contributed by atoms with Crippen LogP contribution in [0.25, 0.3) is 16.7 Å². The molecule has 0 bridgehead atoms. The van der Waals surface area contributed by atoms with E-state index in [0.717, 1.165) is 24.3 Å². The third kappa shape index (κ3) is 1.73. The van der Waals surface area contributed by atoms with Gasteiger partial charge in [-0.25, -0.2) is 4.98 Å². The van der Waals surface area contributed by atoms with Crippen molar-refractivity contribution in [3.63, 3.8) is 0 Å². The SMILES string of the molecule is Cc1c2c(c(N3CC4C(CO)[C@@H]4C3)n3c1nc1ccccc13)CCC2. The fourth-order valence-corrected chi connectivity index (χ4v) is 5.59. The average molecular weight is 333 g/mol. The molecule has 25 heavy (non-hydrogen) atoms. The summed E-state index contributed by atoms with van der Waals surface area (Å²) in [5.41, 5.74) is 7.91. The Balaban J connectivity index is 1.62. The highest BCUT2D eigenvalue weighted by molar-refractivity contribution is 5.85. The zero-order chi connectivity index (χ0) is 16.7. The molecule has 3 heterocycles. The second-order valence-electron chi connectivity index (χ2n) is 8.10. The summed E-state index contributed by atoms with van der Waals surface area (Å²) < 4.78 is 2.42. The molecule has 0 amide bonds. The van der Waals surface area contributed by atoms with Crippen LogP contribution < -0.4 is 4.90 Å². The normalized spacial score (nSPS) is 27.3. The minimum Gasteiger partial charge on any atom is -0.396 e. The van der Waals surface area contributed by atoms with Gasteiger partial charge in [-0.15, -0.1) is 0 Å². The van der Waals surface area contributed by atoms with E-state index in [-0.39, 0.29) is 0 Å². The summed E-state index contributed by atoms with van der Waals surface area (Å²) in [6, 6.07) is 8.52. The van der Waals surface area contributed by atoms with Gasteiger partial charge in [-0.2, -0.15) is 0 Å². The Morgan fingerprint density at radius 1 is 1.12 bits per heavy atom. The number of pyridine rings is 1. The average Bonchev–Trinajstić information content (AvgIpc) is 3.09. The number of fused-ring (bicyclic) bond motifs is 5. The fraction of sp³-hybridized carbons (Fsp3) is 0.476. The van der Waals surface area contributed by atoms with Crippen LogP contribution in [0.2, 0.25) is 0 Å². The van der Waals surface area contributed by atoms with Crippen LogP contribution in [0.3, 0.4) is 0 Å². The molecule has 1 aliphatic heterocycles. The lowest BCUT2D eigenvalue weighted by Crippen LogP contribution is -2.28. The first-order valence-corrected chi connectivity index (χ1v) is 9.55. The minimum absolute atomic E-state index is 0.360. The van der Waals surface area contributed by atoms with Crippen LogP contribution in [0.1, 0.15) is 23.1 Å². The summed E-state index contributed by atoms with van der Waals surface area (Å²) in [4.78, 5) is 7.57. The molecule has 0 spiro atoms. The number of aliphatic hydroxyl groups excluding tert-OH is 1. The first-order valence-electron chi connectivity index (χ1n) is 9.55. The van der Waals surface area contributed by atoms with E-state index in [2.05, 4.69) is 40.5 Å². The second-order valence-corrected chi connectivity index (χ2v) is 8.10. The Bertz CT molecular complexity index is 1010. The predicted molar refractivity (Wildman–Crippen MR) is 99.2 cm³/mol. The Morgan fingerprint density at radius 3 is 2.68 bits per heavy atom. The molecule has 3 aromatic rings. The Hall–Kier alpha value is -2.07. The van der Waals surface area contributed by atoms with Gasteiger partial charge in [0.2, 0.25) is 0 Å². The van der Waals surface area contributed by atoms with E-state index in [9.17, 15) is 5.11 Å². The quantitative estimate of drug-likeness (QED) is 0.784. The number of piperidine rings is 1. The van der Waals surface area contributed by atoms with E-state index < -0.39 is 0 Å². The third-order valence-electron chi connectivity index (χ3n) is 6.93. The molecule has 1 aromatic carbocycles. The van der Waals surface area contributed by atoms with E-state index in [1.165, 1.54) is 41.7 Å². The topological polar surface area (TPSA) is 40.8 Å². The maximum atomic E-state index is 9.51. The van der Waals surface area contributed by atoms with E-state index in [4.69, 9.17) is 4.98 Å². The molecule has 2 aliphatic carbocycles. The lowest BCUT2D eigenvalue weighted by molar-refractivity contribution is 0.260. The van der Waals surface area contributed by atoms with Crippen LogP contribution in [0.4, 0.5) is 5.82 Å². The lowest BCUT2D eigenvalue weighted by Gasteiger charge is -2.27. The summed E-state index contributed by atoms with van der Waals surface area (Å²) in [5.74, 6) is 3.32. The molecule has 2 aromatic heterocycles. The van der Waals surface area contributed by atoms with Gasteiger partial charge < -0.3 is 10.0 Å². The second kappa shape index (κ2) is 4.76. The Morgan fingerprint density at radius 2 is 1.88 bits per heavy atom. The van der Waals surface area contributed by atoms with Crippen LogP contribution in [-0.4, -0.2) is 34.2 Å². The van der Waals surface area contributed by atoms with Gasteiger partial charge in [0, 0.05) is 19.7 Å². The van der Waals surface area contributed by atoms with Gasteiger partial charge in [0.1, 0.15) is 11.5 Å². The lowest BCUT2D eigenvalue weighted by atomic mass is 10.1.